The Morgan fingerprint density at radius 1 is 1.36 bits per heavy atom. The van der Waals surface area contributed by atoms with E-state index in [0.29, 0.717) is 29.4 Å². The summed E-state index contributed by atoms with van der Waals surface area (Å²) in [5.41, 5.74) is 3.14. The van der Waals surface area contributed by atoms with Gasteiger partial charge in [0.15, 0.2) is 5.78 Å². The molecular formula is C20H18ClN3O3S. The molecule has 1 aromatic carbocycles. The standard InChI is InChI=1S/C20H18ClN3O3S/c1-10-5-16(24-23-10)20(26)22-9-14-7-13-6-12(8-15(21)19(13)27-14)18-4-3-17(28-18)11(2)25/h3-6,8,14H,7,9H2,1-2H3,(H,22,26)(H,23,24). The molecule has 1 aliphatic heterocycles. The van der Waals surface area contributed by atoms with Gasteiger partial charge >= 0.3 is 0 Å². The number of hydrogen-bond acceptors (Lipinski definition) is 5. The molecule has 8 heteroatoms. The summed E-state index contributed by atoms with van der Waals surface area (Å²) in [4.78, 5) is 25.4. The van der Waals surface area contributed by atoms with E-state index in [1.807, 2.05) is 31.2 Å². The number of nitrogens with one attached hydrogen (secondary N) is 2. The maximum absolute atomic E-state index is 12.1. The molecule has 0 fully saturated rings. The monoisotopic (exact) mass is 415 g/mol. The number of fused-ring (bicyclic) bond motifs is 1. The molecule has 2 N–H and O–H groups in total. The number of aromatic nitrogens is 2. The fourth-order valence-electron chi connectivity index (χ4n) is 3.16. The summed E-state index contributed by atoms with van der Waals surface area (Å²) in [5.74, 6) is 0.462. The van der Waals surface area contributed by atoms with Gasteiger partial charge in [0, 0.05) is 22.6 Å². The molecule has 28 heavy (non-hydrogen) atoms. The highest BCUT2D eigenvalue weighted by atomic mass is 35.5. The van der Waals surface area contributed by atoms with Crippen LogP contribution >= 0.6 is 22.9 Å². The number of aryl methyl sites for hydroxylation is 1. The van der Waals surface area contributed by atoms with Crippen LogP contribution in [0.1, 0.15) is 38.3 Å². The van der Waals surface area contributed by atoms with E-state index in [1.165, 1.54) is 11.3 Å². The average molecular weight is 416 g/mol. The van der Waals surface area contributed by atoms with Gasteiger partial charge in [-0.05, 0) is 49.7 Å². The highest BCUT2D eigenvalue weighted by molar-refractivity contribution is 7.17. The quantitative estimate of drug-likeness (QED) is 0.616. The Morgan fingerprint density at radius 2 is 2.18 bits per heavy atom. The van der Waals surface area contributed by atoms with Crippen molar-refractivity contribution in [1.29, 1.82) is 0 Å². The molecule has 144 valence electrons. The zero-order chi connectivity index (χ0) is 19.8. The third kappa shape index (κ3) is 3.68. The molecule has 3 heterocycles. The van der Waals surface area contributed by atoms with Crippen molar-refractivity contribution in [2.75, 3.05) is 6.54 Å². The van der Waals surface area contributed by atoms with Gasteiger partial charge in [-0.2, -0.15) is 5.10 Å². The van der Waals surface area contributed by atoms with Crippen molar-refractivity contribution < 1.29 is 14.3 Å². The van der Waals surface area contributed by atoms with Crippen LogP contribution < -0.4 is 10.1 Å². The number of aromatic amines is 1. The maximum Gasteiger partial charge on any atom is 0.271 e. The largest absolute Gasteiger partial charge is 0.486 e. The van der Waals surface area contributed by atoms with Gasteiger partial charge in [-0.15, -0.1) is 11.3 Å². The predicted molar refractivity (Wildman–Crippen MR) is 109 cm³/mol. The Kier molecular flexibility index (Phi) is 4.95. The van der Waals surface area contributed by atoms with Gasteiger partial charge in [-0.1, -0.05) is 11.6 Å². The summed E-state index contributed by atoms with van der Waals surface area (Å²) in [6.07, 6.45) is 0.455. The van der Waals surface area contributed by atoms with Gasteiger partial charge in [0.25, 0.3) is 5.91 Å². The lowest BCUT2D eigenvalue weighted by molar-refractivity contribution is 0.0928. The van der Waals surface area contributed by atoms with Crippen molar-refractivity contribution in [2.24, 2.45) is 0 Å². The van der Waals surface area contributed by atoms with Gasteiger partial charge in [-0.3, -0.25) is 14.7 Å². The number of rotatable bonds is 5. The van der Waals surface area contributed by atoms with Crippen LogP contribution in [0.2, 0.25) is 5.02 Å². The number of H-pyrrole nitrogens is 1. The van der Waals surface area contributed by atoms with Crippen molar-refractivity contribution in [3.05, 3.63) is 57.2 Å². The number of halogens is 1. The van der Waals surface area contributed by atoms with E-state index in [0.717, 1.165) is 26.6 Å². The Hall–Kier alpha value is -2.64. The first-order valence-electron chi connectivity index (χ1n) is 8.81. The second kappa shape index (κ2) is 7.41. The molecule has 3 aromatic rings. The van der Waals surface area contributed by atoms with Crippen molar-refractivity contribution in [2.45, 2.75) is 26.4 Å². The van der Waals surface area contributed by atoms with Gasteiger partial charge in [-0.25, -0.2) is 0 Å². The van der Waals surface area contributed by atoms with Gasteiger partial charge in [0.2, 0.25) is 0 Å². The number of nitrogens with zero attached hydrogens (tertiary/aromatic N) is 1. The van der Waals surface area contributed by atoms with Crippen LogP contribution in [0.25, 0.3) is 10.4 Å². The Morgan fingerprint density at radius 3 is 2.86 bits per heavy atom. The SMILES string of the molecule is CC(=O)c1ccc(-c2cc(Cl)c3c(c2)CC(CNC(=O)c2cc(C)[nH]n2)O3)s1. The molecule has 4 rings (SSSR count). The third-order valence-electron chi connectivity index (χ3n) is 4.52. The second-order valence-electron chi connectivity index (χ2n) is 6.76. The van der Waals surface area contributed by atoms with Crippen molar-refractivity contribution in [3.8, 4) is 16.2 Å². The molecule has 2 aromatic heterocycles. The van der Waals surface area contributed by atoms with Crippen molar-refractivity contribution in [3.63, 3.8) is 0 Å². The van der Waals surface area contributed by atoms with Crippen LogP contribution in [0.3, 0.4) is 0 Å². The zero-order valence-electron chi connectivity index (χ0n) is 15.3. The molecule has 0 saturated heterocycles. The Bertz CT molecular complexity index is 1070. The summed E-state index contributed by atoms with van der Waals surface area (Å²) < 4.78 is 5.94. The number of Topliss-reactive ketones (excluding diaryl/α,β-unsaturated/α-hetero) is 1. The van der Waals surface area contributed by atoms with Gasteiger partial charge in [0.05, 0.1) is 16.4 Å². The van der Waals surface area contributed by atoms with Crippen LogP contribution in [0.15, 0.2) is 30.3 Å². The number of carbonyl (C=O) groups is 2. The van der Waals surface area contributed by atoms with Crippen LogP contribution in [-0.4, -0.2) is 34.5 Å². The van der Waals surface area contributed by atoms with E-state index in [9.17, 15) is 9.59 Å². The summed E-state index contributed by atoms with van der Waals surface area (Å²) in [6.45, 7) is 3.76. The minimum Gasteiger partial charge on any atom is -0.486 e. The Labute approximate surface area is 170 Å². The van der Waals surface area contributed by atoms with E-state index in [4.69, 9.17) is 16.3 Å². The average Bonchev–Trinajstić information content (AvgIpc) is 3.38. The molecule has 0 aliphatic carbocycles. The lowest BCUT2D eigenvalue weighted by Gasteiger charge is -2.11. The first-order chi connectivity index (χ1) is 13.4. The number of ketones is 1. The number of hydrogen-bond donors (Lipinski definition) is 2. The minimum absolute atomic E-state index is 0.0507. The third-order valence-corrected chi connectivity index (χ3v) is 6.03. The molecule has 0 saturated carbocycles. The number of benzene rings is 1. The summed E-state index contributed by atoms with van der Waals surface area (Å²) in [7, 11) is 0. The van der Waals surface area contributed by atoms with E-state index in [-0.39, 0.29) is 17.8 Å². The smallest absolute Gasteiger partial charge is 0.271 e. The lowest BCUT2D eigenvalue weighted by atomic mass is 10.1. The van der Waals surface area contributed by atoms with E-state index >= 15 is 0 Å². The zero-order valence-corrected chi connectivity index (χ0v) is 16.9. The van der Waals surface area contributed by atoms with Gasteiger partial charge in [0.1, 0.15) is 17.5 Å². The van der Waals surface area contributed by atoms with Crippen molar-refractivity contribution in [1.82, 2.24) is 15.5 Å². The number of carbonyl (C=O) groups excluding carboxylic acids is 2. The van der Waals surface area contributed by atoms with Gasteiger partial charge < -0.3 is 10.1 Å². The predicted octanol–water partition coefficient (Wildman–Crippen LogP) is 4.04. The Balaban J connectivity index is 1.46. The molecule has 1 atom stereocenters. The van der Waals surface area contributed by atoms with Crippen LogP contribution in [0.4, 0.5) is 0 Å². The minimum atomic E-state index is -0.244. The first kappa shape index (κ1) is 18.7. The van der Waals surface area contributed by atoms with E-state index in [1.54, 1.807) is 13.0 Å². The molecule has 1 amide bonds. The van der Waals surface area contributed by atoms with Crippen LogP contribution in [0.5, 0.6) is 5.75 Å². The molecule has 1 aliphatic rings. The molecule has 0 spiro atoms. The summed E-state index contributed by atoms with van der Waals surface area (Å²) >= 11 is 7.88. The molecule has 0 bridgehead atoms. The maximum atomic E-state index is 12.1. The lowest BCUT2D eigenvalue weighted by Crippen LogP contribution is -2.34. The summed E-state index contributed by atoms with van der Waals surface area (Å²) in [5, 5.41) is 10.1. The van der Waals surface area contributed by atoms with E-state index in [2.05, 4.69) is 15.5 Å². The van der Waals surface area contributed by atoms with E-state index < -0.39 is 0 Å². The highest BCUT2D eigenvalue weighted by Crippen LogP contribution is 2.41. The molecule has 1 unspecified atom stereocenters. The molecule has 6 nitrogen and oxygen atoms in total. The topological polar surface area (TPSA) is 84.1 Å². The highest BCUT2D eigenvalue weighted by Gasteiger charge is 2.27. The fourth-order valence-corrected chi connectivity index (χ4v) is 4.33. The fraction of sp³-hybridized carbons (Fsp3) is 0.250. The molecule has 0 radical (unpaired) electrons. The summed E-state index contributed by atoms with van der Waals surface area (Å²) in [6, 6.07) is 9.34. The normalized spacial score (nSPS) is 15.2. The first-order valence-corrected chi connectivity index (χ1v) is 10.0. The second-order valence-corrected chi connectivity index (χ2v) is 8.25. The molecular weight excluding hydrogens is 398 g/mol. The van der Waals surface area contributed by atoms with Crippen LogP contribution in [-0.2, 0) is 6.42 Å². The number of ether oxygens (including phenoxy) is 1. The van der Waals surface area contributed by atoms with Crippen molar-refractivity contribution >= 4 is 34.6 Å². The number of thiophene rings is 1. The number of amides is 1. The van der Waals surface area contributed by atoms with Crippen LogP contribution in [0, 0.1) is 6.92 Å².